The smallest absolute Gasteiger partial charge is 0.328 e. The molecule has 0 radical (unpaired) electrons. The molecule has 178 valence electrons. The zero-order chi connectivity index (χ0) is 23.8. The molecule has 1 aromatic rings. The highest BCUT2D eigenvalue weighted by molar-refractivity contribution is 5.99. The first-order valence-electron chi connectivity index (χ1n) is 11.0. The van der Waals surface area contributed by atoms with E-state index in [4.69, 9.17) is 9.47 Å². The van der Waals surface area contributed by atoms with E-state index in [-0.39, 0.29) is 37.1 Å². The first kappa shape index (κ1) is 27.1. The maximum atomic E-state index is 12.6. The number of halogens is 1. The summed E-state index contributed by atoms with van der Waals surface area (Å²) in [6.07, 6.45) is 3.20. The number of carbonyl (C=O) groups is 4. The van der Waals surface area contributed by atoms with Crippen molar-refractivity contribution in [2.45, 2.75) is 58.4 Å². The van der Waals surface area contributed by atoms with E-state index in [2.05, 4.69) is 10.6 Å². The molecule has 0 bridgehead atoms. The number of esters is 2. The van der Waals surface area contributed by atoms with E-state index in [1.54, 1.807) is 0 Å². The quantitative estimate of drug-likeness (QED) is 0.313. The molecule has 2 amide bonds. The maximum absolute atomic E-state index is 12.6. The van der Waals surface area contributed by atoms with Crippen LogP contribution in [0.3, 0.4) is 0 Å². The SMILES string of the molecule is CCCCOC(=O)CC[C@H](NC(=O)c1ccc(C(=O)NCCF)cc1)C(=O)OCCCC. The van der Waals surface area contributed by atoms with Crippen LogP contribution < -0.4 is 10.6 Å². The van der Waals surface area contributed by atoms with Gasteiger partial charge in [0.2, 0.25) is 0 Å². The van der Waals surface area contributed by atoms with Crippen LogP contribution >= 0.6 is 0 Å². The van der Waals surface area contributed by atoms with Gasteiger partial charge in [-0.05, 0) is 43.5 Å². The van der Waals surface area contributed by atoms with Gasteiger partial charge in [-0.3, -0.25) is 14.4 Å². The lowest BCUT2D eigenvalue weighted by molar-refractivity contribution is -0.147. The maximum Gasteiger partial charge on any atom is 0.328 e. The third-order valence-electron chi connectivity index (χ3n) is 4.52. The van der Waals surface area contributed by atoms with Crippen molar-refractivity contribution in [3.63, 3.8) is 0 Å². The van der Waals surface area contributed by atoms with E-state index >= 15 is 0 Å². The van der Waals surface area contributed by atoms with Crippen LogP contribution in [0.2, 0.25) is 0 Å². The molecular formula is C23H33FN2O6. The molecule has 0 spiro atoms. The minimum absolute atomic E-state index is 0.0365. The molecule has 0 aliphatic heterocycles. The summed E-state index contributed by atoms with van der Waals surface area (Å²) in [6, 6.07) is 4.71. The number of amides is 2. The highest BCUT2D eigenvalue weighted by atomic mass is 19.1. The van der Waals surface area contributed by atoms with Crippen LogP contribution in [0.25, 0.3) is 0 Å². The van der Waals surface area contributed by atoms with Gasteiger partial charge in [-0.1, -0.05) is 26.7 Å². The average molecular weight is 453 g/mol. The predicted octanol–water partition coefficient (Wildman–Crippen LogP) is 2.95. The molecule has 1 rings (SSSR count). The fourth-order valence-electron chi connectivity index (χ4n) is 2.61. The minimum Gasteiger partial charge on any atom is -0.466 e. The molecule has 1 aromatic carbocycles. The Morgan fingerprint density at radius 3 is 2.03 bits per heavy atom. The number of hydrogen-bond donors (Lipinski definition) is 2. The van der Waals surface area contributed by atoms with E-state index in [0.29, 0.717) is 13.0 Å². The van der Waals surface area contributed by atoms with Crippen molar-refractivity contribution in [3.05, 3.63) is 35.4 Å². The number of rotatable bonds is 15. The number of benzene rings is 1. The van der Waals surface area contributed by atoms with Gasteiger partial charge in [-0.25, -0.2) is 9.18 Å². The standard InChI is InChI=1S/C23H33FN2O6/c1-3-5-15-31-20(27)12-11-19(23(30)32-16-6-4-2)26-22(29)18-9-7-17(8-10-18)21(28)25-14-13-24/h7-10,19H,3-6,11-16H2,1-2H3,(H,25,28)(H,26,29)/t19-/m0/s1. The van der Waals surface area contributed by atoms with Crippen molar-refractivity contribution in [1.82, 2.24) is 10.6 Å². The topological polar surface area (TPSA) is 111 Å². The van der Waals surface area contributed by atoms with Gasteiger partial charge in [0, 0.05) is 24.1 Å². The van der Waals surface area contributed by atoms with Gasteiger partial charge in [-0.2, -0.15) is 0 Å². The molecule has 8 nitrogen and oxygen atoms in total. The first-order chi connectivity index (χ1) is 15.4. The van der Waals surface area contributed by atoms with Gasteiger partial charge < -0.3 is 20.1 Å². The second-order valence-electron chi connectivity index (χ2n) is 7.18. The van der Waals surface area contributed by atoms with Crippen LogP contribution in [0.15, 0.2) is 24.3 Å². The molecule has 0 saturated carbocycles. The zero-order valence-electron chi connectivity index (χ0n) is 18.8. The average Bonchev–Trinajstić information content (AvgIpc) is 2.80. The van der Waals surface area contributed by atoms with Crippen molar-refractivity contribution in [2.75, 3.05) is 26.4 Å². The largest absolute Gasteiger partial charge is 0.466 e. The van der Waals surface area contributed by atoms with E-state index < -0.39 is 36.5 Å². The predicted molar refractivity (Wildman–Crippen MR) is 117 cm³/mol. The van der Waals surface area contributed by atoms with Gasteiger partial charge >= 0.3 is 11.9 Å². The number of carbonyl (C=O) groups excluding carboxylic acids is 4. The Balaban J connectivity index is 2.74. The van der Waals surface area contributed by atoms with Gasteiger partial charge in [0.1, 0.15) is 12.7 Å². The Bertz CT molecular complexity index is 739. The monoisotopic (exact) mass is 452 g/mol. The molecule has 9 heteroatoms. The summed E-state index contributed by atoms with van der Waals surface area (Å²) in [5, 5.41) is 4.99. The van der Waals surface area contributed by atoms with Gasteiger partial charge in [0.15, 0.2) is 0 Å². The number of nitrogens with one attached hydrogen (secondary N) is 2. The highest BCUT2D eigenvalue weighted by Gasteiger charge is 2.24. The second kappa shape index (κ2) is 15.8. The lowest BCUT2D eigenvalue weighted by Gasteiger charge is -2.17. The Morgan fingerprint density at radius 2 is 1.47 bits per heavy atom. The van der Waals surface area contributed by atoms with Gasteiger partial charge in [-0.15, -0.1) is 0 Å². The number of ether oxygens (including phenoxy) is 2. The Kier molecular flexibility index (Phi) is 13.3. The van der Waals surface area contributed by atoms with Crippen LogP contribution in [-0.2, 0) is 19.1 Å². The summed E-state index contributed by atoms with van der Waals surface area (Å²) in [5.41, 5.74) is 0.504. The Hall–Kier alpha value is -2.97. The molecule has 0 aliphatic rings. The second-order valence-corrected chi connectivity index (χ2v) is 7.18. The van der Waals surface area contributed by atoms with E-state index in [1.807, 2.05) is 13.8 Å². The summed E-state index contributed by atoms with van der Waals surface area (Å²) in [6.45, 7) is 3.72. The van der Waals surface area contributed by atoms with Crippen LogP contribution in [0.5, 0.6) is 0 Å². The Morgan fingerprint density at radius 1 is 0.906 bits per heavy atom. The highest BCUT2D eigenvalue weighted by Crippen LogP contribution is 2.08. The van der Waals surface area contributed by atoms with E-state index in [0.717, 1.165) is 19.3 Å². The zero-order valence-corrected chi connectivity index (χ0v) is 18.8. The summed E-state index contributed by atoms with van der Waals surface area (Å²) < 4.78 is 22.5. The van der Waals surface area contributed by atoms with E-state index in [9.17, 15) is 23.6 Å². The minimum atomic E-state index is -1.01. The molecule has 32 heavy (non-hydrogen) atoms. The third-order valence-corrected chi connectivity index (χ3v) is 4.52. The number of hydrogen-bond acceptors (Lipinski definition) is 6. The lowest BCUT2D eigenvalue weighted by Crippen LogP contribution is -2.42. The third kappa shape index (κ3) is 10.4. The fraction of sp³-hybridized carbons (Fsp3) is 0.565. The van der Waals surface area contributed by atoms with Crippen LogP contribution in [0.4, 0.5) is 4.39 Å². The van der Waals surface area contributed by atoms with E-state index in [1.165, 1.54) is 24.3 Å². The molecule has 0 fully saturated rings. The molecule has 0 aliphatic carbocycles. The van der Waals surface area contributed by atoms with Crippen molar-refractivity contribution in [1.29, 1.82) is 0 Å². The molecule has 0 aromatic heterocycles. The van der Waals surface area contributed by atoms with Crippen molar-refractivity contribution >= 4 is 23.8 Å². The number of unbranched alkanes of at least 4 members (excludes halogenated alkanes) is 2. The summed E-state index contributed by atoms with van der Waals surface area (Å²) in [7, 11) is 0. The van der Waals surface area contributed by atoms with Crippen molar-refractivity contribution in [2.24, 2.45) is 0 Å². The number of alkyl halides is 1. The lowest BCUT2D eigenvalue weighted by atomic mass is 10.1. The van der Waals surface area contributed by atoms with Gasteiger partial charge in [0.25, 0.3) is 11.8 Å². The van der Waals surface area contributed by atoms with Crippen LogP contribution in [0, 0.1) is 0 Å². The summed E-state index contributed by atoms with van der Waals surface area (Å²) in [4.78, 5) is 48.8. The summed E-state index contributed by atoms with van der Waals surface area (Å²) >= 11 is 0. The van der Waals surface area contributed by atoms with Crippen molar-refractivity contribution in [3.8, 4) is 0 Å². The van der Waals surface area contributed by atoms with Gasteiger partial charge in [0.05, 0.1) is 13.2 Å². The van der Waals surface area contributed by atoms with Crippen LogP contribution in [0.1, 0.15) is 73.1 Å². The van der Waals surface area contributed by atoms with Crippen molar-refractivity contribution < 1.29 is 33.0 Å². The fourth-order valence-corrected chi connectivity index (χ4v) is 2.61. The molecule has 0 unspecified atom stereocenters. The first-order valence-corrected chi connectivity index (χ1v) is 11.0. The summed E-state index contributed by atoms with van der Waals surface area (Å²) in [5.74, 6) is -2.05. The van der Waals surface area contributed by atoms with Crippen LogP contribution in [-0.4, -0.2) is 56.2 Å². The molecule has 0 saturated heterocycles. The molecule has 0 heterocycles. The molecule has 1 atom stereocenters. The normalized spacial score (nSPS) is 11.3. The Labute approximate surface area is 188 Å². The molecule has 2 N–H and O–H groups in total. The molecular weight excluding hydrogens is 419 g/mol.